The number of thioether (sulfide) groups is 1. The van der Waals surface area contributed by atoms with E-state index in [2.05, 4.69) is 4.99 Å². The SMILES string of the molecule is NC1=NC2C(OC(CO)C(O)C2F)S1. The smallest absolute Gasteiger partial charge is 0.157 e. The molecule has 0 radical (unpaired) electrons. The standard InChI is InChI=1S/C7H11FN2O3S/c8-3-4-6(14-7(9)10-4)13-2(1-11)5(3)12/h2-6,11-12H,1H2,(H2,9,10). The van der Waals surface area contributed by atoms with Crippen LogP contribution in [0.15, 0.2) is 4.99 Å². The monoisotopic (exact) mass is 222 g/mol. The Labute approximate surface area is 84.1 Å². The second kappa shape index (κ2) is 3.65. The molecule has 14 heavy (non-hydrogen) atoms. The van der Waals surface area contributed by atoms with Gasteiger partial charge in [-0.25, -0.2) is 4.39 Å². The number of amidine groups is 1. The molecule has 80 valence electrons. The molecular formula is C7H11FN2O3S. The van der Waals surface area contributed by atoms with E-state index in [9.17, 15) is 9.50 Å². The summed E-state index contributed by atoms with van der Waals surface area (Å²) in [5.41, 5.74) is 4.89. The molecule has 0 bridgehead atoms. The molecule has 0 aromatic rings. The second-order valence-corrected chi connectivity index (χ2v) is 4.35. The lowest BCUT2D eigenvalue weighted by molar-refractivity contribution is -0.144. The molecule has 2 rings (SSSR count). The molecule has 1 saturated heterocycles. The van der Waals surface area contributed by atoms with E-state index in [4.69, 9.17) is 15.6 Å². The van der Waals surface area contributed by atoms with Crippen LogP contribution in [0.4, 0.5) is 4.39 Å². The van der Waals surface area contributed by atoms with Crippen LogP contribution < -0.4 is 5.73 Å². The summed E-state index contributed by atoms with van der Waals surface area (Å²) < 4.78 is 18.8. The molecule has 4 N–H and O–H groups in total. The minimum absolute atomic E-state index is 0.258. The van der Waals surface area contributed by atoms with E-state index in [0.717, 1.165) is 11.8 Å². The number of halogens is 1. The van der Waals surface area contributed by atoms with Gasteiger partial charge in [-0.1, -0.05) is 11.8 Å². The molecule has 0 aromatic carbocycles. The van der Waals surface area contributed by atoms with Crippen molar-refractivity contribution in [2.45, 2.75) is 29.9 Å². The van der Waals surface area contributed by atoms with E-state index in [-0.39, 0.29) is 5.17 Å². The number of ether oxygens (including phenoxy) is 1. The van der Waals surface area contributed by atoms with Gasteiger partial charge in [0.15, 0.2) is 11.3 Å². The van der Waals surface area contributed by atoms with Crippen LogP contribution in [-0.2, 0) is 4.74 Å². The summed E-state index contributed by atoms with van der Waals surface area (Å²) in [4.78, 5) is 3.83. The third kappa shape index (κ3) is 1.50. The third-order valence-electron chi connectivity index (χ3n) is 2.31. The van der Waals surface area contributed by atoms with Gasteiger partial charge in [0.05, 0.1) is 6.61 Å². The number of aliphatic hydroxyl groups is 2. The summed E-state index contributed by atoms with van der Waals surface area (Å²) >= 11 is 1.12. The number of nitrogens with zero attached hydrogens (tertiary/aromatic N) is 1. The highest BCUT2D eigenvalue weighted by molar-refractivity contribution is 8.14. The van der Waals surface area contributed by atoms with Crippen molar-refractivity contribution in [3.63, 3.8) is 0 Å². The van der Waals surface area contributed by atoms with E-state index < -0.39 is 36.5 Å². The van der Waals surface area contributed by atoms with E-state index in [1.807, 2.05) is 0 Å². The lowest BCUT2D eigenvalue weighted by Crippen LogP contribution is -2.53. The maximum Gasteiger partial charge on any atom is 0.157 e. The van der Waals surface area contributed by atoms with Crippen molar-refractivity contribution in [1.29, 1.82) is 0 Å². The van der Waals surface area contributed by atoms with Gasteiger partial charge < -0.3 is 20.7 Å². The van der Waals surface area contributed by atoms with Gasteiger partial charge in [0.25, 0.3) is 0 Å². The predicted octanol–water partition coefficient (Wildman–Crippen LogP) is -1.17. The molecular weight excluding hydrogens is 211 g/mol. The van der Waals surface area contributed by atoms with Crippen LogP contribution in [0.3, 0.4) is 0 Å². The van der Waals surface area contributed by atoms with Gasteiger partial charge in [0, 0.05) is 0 Å². The van der Waals surface area contributed by atoms with Crippen LogP contribution in [0.25, 0.3) is 0 Å². The van der Waals surface area contributed by atoms with Crippen molar-refractivity contribution < 1.29 is 19.3 Å². The second-order valence-electron chi connectivity index (χ2n) is 3.24. The van der Waals surface area contributed by atoms with Crippen LogP contribution in [0.2, 0.25) is 0 Å². The van der Waals surface area contributed by atoms with Gasteiger partial charge in [-0.3, -0.25) is 4.99 Å². The summed E-state index contributed by atoms with van der Waals surface area (Å²) in [6.07, 6.45) is -3.75. The molecule has 2 aliphatic heterocycles. The first-order valence-electron chi connectivity index (χ1n) is 4.22. The Balaban J connectivity index is 2.14. The Hall–Kier alpha value is -0.370. The zero-order valence-corrected chi connectivity index (χ0v) is 8.02. The fraction of sp³-hybridized carbons (Fsp3) is 0.857. The quantitative estimate of drug-likeness (QED) is 0.520. The summed E-state index contributed by atoms with van der Waals surface area (Å²) in [5, 5.41) is 18.5. The first-order valence-corrected chi connectivity index (χ1v) is 5.10. The van der Waals surface area contributed by atoms with Crippen LogP contribution in [0.5, 0.6) is 0 Å². The van der Waals surface area contributed by atoms with Crippen LogP contribution in [0, 0.1) is 0 Å². The zero-order chi connectivity index (χ0) is 10.3. The van der Waals surface area contributed by atoms with Crippen LogP contribution in [0.1, 0.15) is 0 Å². The highest BCUT2D eigenvalue weighted by Crippen LogP contribution is 2.36. The first kappa shape index (κ1) is 10.2. The van der Waals surface area contributed by atoms with E-state index in [1.54, 1.807) is 0 Å². The first-order chi connectivity index (χ1) is 6.63. The average molecular weight is 222 g/mol. The van der Waals surface area contributed by atoms with Crippen molar-refractivity contribution in [3.8, 4) is 0 Å². The van der Waals surface area contributed by atoms with E-state index in [0.29, 0.717) is 0 Å². The predicted molar refractivity (Wildman–Crippen MR) is 49.7 cm³/mol. The van der Waals surface area contributed by atoms with Gasteiger partial charge in [-0.05, 0) is 0 Å². The Morgan fingerprint density at radius 1 is 1.64 bits per heavy atom. The summed E-state index contributed by atoms with van der Waals surface area (Å²) in [6.45, 7) is -0.411. The molecule has 2 heterocycles. The number of nitrogens with two attached hydrogens (primary N) is 1. The largest absolute Gasteiger partial charge is 0.394 e. The molecule has 2 aliphatic rings. The van der Waals surface area contributed by atoms with Crippen molar-refractivity contribution >= 4 is 16.9 Å². The van der Waals surface area contributed by atoms with Crippen molar-refractivity contribution in [2.75, 3.05) is 6.61 Å². The third-order valence-corrected chi connectivity index (χ3v) is 3.28. The molecule has 5 unspecified atom stereocenters. The highest BCUT2D eigenvalue weighted by atomic mass is 32.2. The summed E-state index contributed by atoms with van der Waals surface area (Å²) in [5.74, 6) is 0. The lowest BCUT2D eigenvalue weighted by atomic mass is 10.0. The lowest BCUT2D eigenvalue weighted by Gasteiger charge is -2.36. The number of aliphatic imine (C=N–C) groups is 1. The van der Waals surface area contributed by atoms with Crippen LogP contribution >= 0.6 is 11.8 Å². The Morgan fingerprint density at radius 2 is 2.36 bits per heavy atom. The maximum atomic E-state index is 13.5. The van der Waals surface area contributed by atoms with Gasteiger partial charge in [0.2, 0.25) is 0 Å². The maximum absolute atomic E-state index is 13.5. The minimum atomic E-state index is -1.53. The van der Waals surface area contributed by atoms with Crippen molar-refractivity contribution in [2.24, 2.45) is 10.7 Å². The topological polar surface area (TPSA) is 88.1 Å². The summed E-state index contributed by atoms with van der Waals surface area (Å²) in [7, 11) is 0. The van der Waals surface area contributed by atoms with Crippen molar-refractivity contribution in [3.05, 3.63) is 0 Å². The van der Waals surface area contributed by atoms with E-state index in [1.165, 1.54) is 0 Å². The van der Waals surface area contributed by atoms with Gasteiger partial charge in [-0.15, -0.1) is 0 Å². The number of rotatable bonds is 1. The Kier molecular flexibility index (Phi) is 2.65. The molecule has 5 atom stereocenters. The Bertz CT molecular complexity index is 265. The number of hydrogen-bond acceptors (Lipinski definition) is 6. The molecule has 5 nitrogen and oxygen atoms in total. The van der Waals surface area contributed by atoms with Crippen LogP contribution in [-0.4, -0.2) is 51.8 Å². The minimum Gasteiger partial charge on any atom is -0.394 e. The normalized spacial score (nSPS) is 47.4. The molecule has 1 fully saturated rings. The number of hydrogen-bond donors (Lipinski definition) is 3. The highest BCUT2D eigenvalue weighted by Gasteiger charge is 2.48. The van der Waals surface area contributed by atoms with Gasteiger partial charge in [0.1, 0.15) is 23.7 Å². The molecule has 7 heteroatoms. The number of fused-ring (bicyclic) bond motifs is 1. The number of alkyl halides is 1. The summed E-state index contributed by atoms with van der Waals surface area (Å²) in [6, 6.07) is -0.752. The van der Waals surface area contributed by atoms with Gasteiger partial charge in [-0.2, -0.15) is 0 Å². The fourth-order valence-electron chi connectivity index (χ4n) is 1.57. The molecule has 0 aromatic heterocycles. The number of aliphatic hydroxyl groups excluding tert-OH is 2. The average Bonchev–Trinajstić information content (AvgIpc) is 2.52. The van der Waals surface area contributed by atoms with Crippen molar-refractivity contribution in [1.82, 2.24) is 0 Å². The van der Waals surface area contributed by atoms with Gasteiger partial charge >= 0.3 is 0 Å². The Morgan fingerprint density at radius 3 is 3.00 bits per heavy atom. The molecule has 0 spiro atoms. The molecule has 0 saturated carbocycles. The van der Waals surface area contributed by atoms with E-state index >= 15 is 0 Å². The zero-order valence-electron chi connectivity index (χ0n) is 7.21. The fourth-order valence-corrected chi connectivity index (χ4v) is 2.54. The molecule has 0 aliphatic carbocycles. The molecule has 0 amide bonds.